The zero-order chi connectivity index (χ0) is 21.8. The van der Waals surface area contributed by atoms with Crippen LogP contribution >= 0.6 is 11.8 Å². The average molecular weight is 434 g/mol. The first-order chi connectivity index (χ1) is 15.1. The minimum absolute atomic E-state index is 0.259. The largest absolute Gasteiger partial charge is 0.497 e. The molecule has 1 amide bonds. The Hall–Kier alpha value is -3.78. The second kappa shape index (κ2) is 8.93. The van der Waals surface area contributed by atoms with Gasteiger partial charge in [0, 0.05) is 11.6 Å². The Morgan fingerprint density at radius 1 is 1.06 bits per heavy atom. The third-order valence-electron chi connectivity index (χ3n) is 4.45. The van der Waals surface area contributed by atoms with Gasteiger partial charge in [-0.05, 0) is 54.2 Å². The molecule has 1 fully saturated rings. The van der Waals surface area contributed by atoms with Gasteiger partial charge in [0.25, 0.3) is 5.91 Å². The van der Waals surface area contributed by atoms with E-state index in [-0.39, 0.29) is 5.91 Å². The van der Waals surface area contributed by atoms with Gasteiger partial charge in [0.05, 0.1) is 30.4 Å². The maximum Gasteiger partial charge on any atom is 0.338 e. The number of ether oxygens (including phenoxy) is 2. The van der Waals surface area contributed by atoms with E-state index in [1.54, 1.807) is 67.8 Å². The van der Waals surface area contributed by atoms with Crippen LogP contribution in [0.1, 0.15) is 16.1 Å². The van der Waals surface area contributed by atoms with Crippen LogP contribution < -0.4 is 10.1 Å². The van der Waals surface area contributed by atoms with Crippen LogP contribution in [0, 0.1) is 0 Å². The molecule has 0 saturated carbocycles. The number of benzene rings is 2. The number of carbonyl (C=O) groups excluding carboxylic acids is 2. The highest BCUT2D eigenvalue weighted by Gasteiger charge is 2.24. The van der Waals surface area contributed by atoms with E-state index in [0.29, 0.717) is 38.4 Å². The molecule has 1 aromatic heterocycles. The number of thioether (sulfide) groups is 1. The van der Waals surface area contributed by atoms with Crippen molar-refractivity contribution in [1.82, 2.24) is 5.32 Å². The number of hydrogen-bond acceptors (Lipinski definition) is 7. The van der Waals surface area contributed by atoms with E-state index >= 15 is 0 Å². The molecule has 1 saturated heterocycles. The molecular formula is C23H18N2O5S. The molecule has 31 heavy (non-hydrogen) atoms. The molecule has 0 radical (unpaired) electrons. The van der Waals surface area contributed by atoms with Crippen LogP contribution in [-0.2, 0) is 9.53 Å². The standard InChI is InChI=1S/C23H18N2O5S/c1-28-15-9-7-14(8-10-15)24-23-25-21(26)20(31-23)13-16-11-12-19(30-16)17-5-3-4-6-18(17)22(27)29-2/h3-13H,1-2H3,(H,24,25,26)/b20-13+. The average Bonchev–Trinajstić information content (AvgIpc) is 3.40. The zero-order valence-corrected chi connectivity index (χ0v) is 17.6. The third-order valence-corrected chi connectivity index (χ3v) is 5.36. The summed E-state index contributed by atoms with van der Waals surface area (Å²) in [5, 5.41) is 3.22. The Morgan fingerprint density at radius 3 is 2.58 bits per heavy atom. The normalized spacial score (nSPS) is 15.9. The monoisotopic (exact) mass is 434 g/mol. The second-order valence-corrected chi connectivity index (χ2v) is 7.45. The molecule has 8 heteroatoms. The van der Waals surface area contributed by atoms with Gasteiger partial charge in [-0.25, -0.2) is 9.79 Å². The topological polar surface area (TPSA) is 90.1 Å². The first-order valence-corrected chi connectivity index (χ1v) is 10.1. The van der Waals surface area contributed by atoms with Crippen LogP contribution in [0.4, 0.5) is 5.69 Å². The lowest BCUT2D eigenvalue weighted by molar-refractivity contribution is -0.115. The fraction of sp³-hybridized carbons (Fsp3) is 0.0870. The molecule has 156 valence electrons. The summed E-state index contributed by atoms with van der Waals surface area (Å²) in [5.41, 5.74) is 1.72. The van der Waals surface area contributed by atoms with E-state index in [9.17, 15) is 9.59 Å². The predicted molar refractivity (Wildman–Crippen MR) is 119 cm³/mol. The number of nitrogens with zero attached hydrogens (tertiary/aromatic N) is 1. The summed E-state index contributed by atoms with van der Waals surface area (Å²) < 4.78 is 15.8. The van der Waals surface area contributed by atoms with Crippen LogP contribution in [0.3, 0.4) is 0 Å². The van der Waals surface area contributed by atoms with Gasteiger partial charge in [-0.3, -0.25) is 4.79 Å². The van der Waals surface area contributed by atoms with Crippen molar-refractivity contribution >= 4 is 40.6 Å². The smallest absolute Gasteiger partial charge is 0.338 e. The molecule has 0 aliphatic carbocycles. The van der Waals surface area contributed by atoms with Crippen LogP contribution in [0.25, 0.3) is 17.4 Å². The number of amides is 1. The number of furan rings is 1. The minimum Gasteiger partial charge on any atom is -0.497 e. The van der Waals surface area contributed by atoms with E-state index < -0.39 is 5.97 Å². The van der Waals surface area contributed by atoms with Gasteiger partial charge < -0.3 is 19.2 Å². The summed E-state index contributed by atoms with van der Waals surface area (Å²) >= 11 is 1.22. The highest BCUT2D eigenvalue weighted by atomic mass is 32.2. The summed E-state index contributed by atoms with van der Waals surface area (Å²) in [7, 11) is 2.93. The van der Waals surface area contributed by atoms with E-state index in [4.69, 9.17) is 13.9 Å². The Bertz CT molecular complexity index is 1190. The lowest BCUT2D eigenvalue weighted by Crippen LogP contribution is -2.19. The van der Waals surface area contributed by atoms with Crippen molar-refractivity contribution in [3.63, 3.8) is 0 Å². The summed E-state index contributed by atoms with van der Waals surface area (Å²) in [4.78, 5) is 29.2. The van der Waals surface area contributed by atoms with Crippen LogP contribution in [0.15, 0.2) is 75.0 Å². The van der Waals surface area contributed by atoms with Crippen molar-refractivity contribution in [2.75, 3.05) is 14.2 Å². The van der Waals surface area contributed by atoms with E-state index in [1.807, 2.05) is 6.07 Å². The number of amidine groups is 1. The summed E-state index contributed by atoms with van der Waals surface area (Å²) in [6.45, 7) is 0. The Labute approximate surface area is 182 Å². The SMILES string of the molecule is COC(=O)c1ccccc1-c1ccc(/C=C2/SC(=Nc3ccc(OC)cc3)NC2=O)o1. The lowest BCUT2D eigenvalue weighted by atomic mass is 10.1. The maximum atomic E-state index is 12.3. The van der Waals surface area contributed by atoms with Crippen molar-refractivity contribution in [3.8, 4) is 17.1 Å². The van der Waals surface area contributed by atoms with Crippen molar-refractivity contribution in [1.29, 1.82) is 0 Å². The fourth-order valence-corrected chi connectivity index (χ4v) is 3.77. The van der Waals surface area contributed by atoms with Gasteiger partial charge in [-0.2, -0.15) is 0 Å². The molecule has 2 heterocycles. The third kappa shape index (κ3) is 4.54. The quantitative estimate of drug-likeness (QED) is 0.465. The Balaban J connectivity index is 1.55. The molecule has 0 unspecified atom stereocenters. The van der Waals surface area contributed by atoms with E-state index in [0.717, 1.165) is 5.75 Å². The number of esters is 1. The summed E-state index contributed by atoms with van der Waals surface area (Å²) in [6.07, 6.45) is 1.64. The van der Waals surface area contributed by atoms with Crippen molar-refractivity contribution in [2.24, 2.45) is 4.99 Å². The van der Waals surface area contributed by atoms with E-state index in [1.165, 1.54) is 18.9 Å². The molecule has 1 aliphatic rings. The Morgan fingerprint density at radius 2 is 1.84 bits per heavy atom. The fourth-order valence-electron chi connectivity index (χ4n) is 2.94. The first kappa shape index (κ1) is 20.5. The number of aliphatic imine (C=N–C) groups is 1. The maximum absolute atomic E-state index is 12.3. The summed E-state index contributed by atoms with van der Waals surface area (Å²) in [5.74, 6) is 1.01. The predicted octanol–water partition coefficient (Wildman–Crippen LogP) is 4.63. The molecule has 0 atom stereocenters. The Kier molecular flexibility index (Phi) is 5.90. The molecule has 0 spiro atoms. The van der Waals surface area contributed by atoms with Gasteiger partial charge >= 0.3 is 5.97 Å². The molecule has 4 rings (SSSR count). The van der Waals surface area contributed by atoms with Gasteiger partial charge in [0.2, 0.25) is 0 Å². The van der Waals surface area contributed by atoms with Crippen LogP contribution in [0.2, 0.25) is 0 Å². The van der Waals surface area contributed by atoms with Gasteiger partial charge in [-0.1, -0.05) is 18.2 Å². The van der Waals surface area contributed by atoms with Gasteiger partial charge in [0.1, 0.15) is 17.3 Å². The number of hydrogen-bond donors (Lipinski definition) is 1. The molecule has 7 nitrogen and oxygen atoms in total. The lowest BCUT2D eigenvalue weighted by Gasteiger charge is -2.04. The van der Waals surface area contributed by atoms with Crippen molar-refractivity contribution < 1.29 is 23.5 Å². The number of carbonyl (C=O) groups is 2. The second-order valence-electron chi connectivity index (χ2n) is 6.42. The molecule has 1 aliphatic heterocycles. The number of nitrogens with one attached hydrogen (secondary N) is 1. The zero-order valence-electron chi connectivity index (χ0n) is 16.7. The highest BCUT2D eigenvalue weighted by Crippen LogP contribution is 2.31. The number of methoxy groups -OCH3 is 2. The minimum atomic E-state index is -0.447. The van der Waals surface area contributed by atoms with Crippen LogP contribution in [0.5, 0.6) is 5.75 Å². The first-order valence-electron chi connectivity index (χ1n) is 9.28. The van der Waals surface area contributed by atoms with Gasteiger partial charge in [-0.15, -0.1) is 0 Å². The molecule has 2 aromatic carbocycles. The molecule has 0 bridgehead atoms. The number of rotatable bonds is 5. The van der Waals surface area contributed by atoms with Crippen molar-refractivity contribution in [2.45, 2.75) is 0 Å². The van der Waals surface area contributed by atoms with Crippen molar-refractivity contribution in [3.05, 3.63) is 76.9 Å². The molecule has 3 aromatic rings. The molecule has 1 N–H and O–H groups in total. The van der Waals surface area contributed by atoms with Gasteiger partial charge in [0.15, 0.2) is 5.17 Å². The van der Waals surface area contributed by atoms with Crippen LogP contribution in [-0.4, -0.2) is 31.3 Å². The highest BCUT2D eigenvalue weighted by molar-refractivity contribution is 8.18. The summed E-state index contributed by atoms with van der Waals surface area (Å²) in [6, 6.07) is 17.7. The molecular weight excluding hydrogens is 416 g/mol. The van der Waals surface area contributed by atoms with E-state index in [2.05, 4.69) is 10.3 Å².